The Morgan fingerprint density at radius 2 is 2.43 bits per heavy atom. The van der Waals surface area contributed by atoms with E-state index in [1.807, 2.05) is 6.08 Å². The van der Waals surface area contributed by atoms with Gasteiger partial charge in [-0.2, -0.15) is 0 Å². The van der Waals surface area contributed by atoms with Crippen LogP contribution in [0.15, 0.2) is 12.7 Å². The van der Waals surface area contributed by atoms with E-state index in [0.717, 1.165) is 15.2 Å². The zero-order chi connectivity index (χ0) is 5.54. The van der Waals surface area contributed by atoms with Crippen LogP contribution in [0.4, 0.5) is 0 Å². The highest BCUT2D eigenvalue weighted by Gasteiger charge is 1.82. The van der Waals surface area contributed by atoms with Gasteiger partial charge in [-0.05, 0) is 6.42 Å². The lowest BCUT2D eigenvalue weighted by Crippen LogP contribution is -1.81. The van der Waals surface area contributed by atoms with Crippen LogP contribution in [-0.4, -0.2) is 15.2 Å². The second-order valence-electron chi connectivity index (χ2n) is 1.56. The molecule has 0 unspecified atom stereocenters. The molecular formula is C6H12Al. The van der Waals surface area contributed by atoms with E-state index in [1.54, 1.807) is 0 Å². The smallest absolute Gasteiger partial charge is 0.106 e. The molecule has 0 N–H and O–H groups in total. The second kappa shape index (κ2) is 6.27. The van der Waals surface area contributed by atoms with E-state index in [2.05, 4.69) is 13.5 Å². The molecule has 0 aliphatic heterocycles. The number of hydrogen-bond acceptors (Lipinski definition) is 0. The van der Waals surface area contributed by atoms with Crippen LogP contribution in [0.5, 0.6) is 0 Å². The minimum atomic E-state index is 0.745. The Balaban J connectivity index is 2.56. The third-order valence-electron chi connectivity index (χ3n) is 0.864. The highest BCUT2D eigenvalue weighted by Crippen LogP contribution is 1.90. The maximum absolute atomic E-state index is 3.65. The molecule has 0 aromatic heterocycles. The molecule has 1 radical (unpaired) electrons. The first-order valence-corrected chi connectivity index (χ1v) is 4.47. The van der Waals surface area contributed by atoms with E-state index in [9.17, 15) is 0 Å². The van der Waals surface area contributed by atoms with Crippen LogP contribution in [0.3, 0.4) is 0 Å². The molecule has 0 aliphatic rings. The summed E-state index contributed by atoms with van der Waals surface area (Å²) >= 11 is 0.745. The van der Waals surface area contributed by atoms with Crippen molar-refractivity contribution >= 4 is 15.2 Å². The molecule has 0 nitrogen and oxygen atoms in total. The van der Waals surface area contributed by atoms with Gasteiger partial charge in [-0.3, -0.25) is 0 Å². The predicted octanol–water partition coefficient (Wildman–Crippen LogP) is 2.12. The lowest BCUT2D eigenvalue weighted by atomic mass is 10.5. The molecule has 0 aliphatic carbocycles. The van der Waals surface area contributed by atoms with Gasteiger partial charge in [0.2, 0.25) is 0 Å². The van der Waals surface area contributed by atoms with Gasteiger partial charge in [0.1, 0.15) is 0 Å². The van der Waals surface area contributed by atoms with Crippen molar-refractivity contribution in [3.05, 3.63) is 12.7 Å². The quantitative estimate of drug-likeness (QED) is 0.296. The van der Waals surface area contributed by atoms with Crippen molar-refractivity contribution in [1.82, 2.24) is 0 Å². The summed E-state index contributed by atoms with van der Waals surface area (Å²) in [4.78, 5) is 0. The lowest BCUT2D eigenvalue weighted by Gasteiger charge is -1.84. The standard InChI is InChI=1S/C4H7.C2H5.Al/c1-3-4-2;1-2;/h3H,1-2,4H2;1H2,2H3;. The first-order chi connectivity index (χ1) is 3.41. The minimum Gasteiger partial charge on any atom is -0.106 e. The van der Waals surface area contributed by atoms with Crippen LogP contribution in [0.2, 0.25) is 10.6 Å². The fourth-order valence-electron chi connectivity index (χ4n) is 0.440. The van der Waals surface area contributed by atoms with Crippen molar-refractivity contribution in [2.75, 3.05) is 0 Å². The van der Waals surface area contributed by atoms with Crippen LogP contribution in [-0.2, 0) is 0 Å². The van der Waals surface area contributed by atoms with Gasteiger partial charge in [0.05, 0.1) is 0 Å². The second-order valence-corrected chi connectivity index (χ2v) is 3.53. The number of rotatable bonds is 4. The van der Waals surface area contributed by atoms with Gasteiger partial charge in [0.25, 0.3) is 0 Å². The molecule has 0 atom stereocenters. The summed E-state index contributed by atoms with van der Waals surface area (Å²) in [5.74, 6) is 0. The Morgan fingerprint density at radius 3 is 2.86 bits per heavy atom. The third kappa shape index (κ3) is 6.27. The van der Waals surface area contributed by atoms with Crippen LogP contribution in [0.25, 0.3) is 0 Å². The van der Waals surface area contributed by atoms with Crippen molar-refractivity contribution in [3.8, 4) is 0 Å². The number of allylic oxidation sites excluding steroid dienone is 1. The third-order valence-corrected chi connectivity index (χ3v) is 2.18. The zero-order valence-electron chi connectivity index (χ0n) is 4.98. The lowest BCUT2D eigenvalue weighted by molar-refractivity contribution is 1.19. The average Bonchev–Trinajstić information content (AvgIpc) is 1.69. The molecule has 7 heavy (non-hydrogen) atoms. The predicted molar refractivity (Wildman–Crippen MR) is 35.9 cm³/mol. The van der Waals surface area contributed by atoms with Crippen molar-refractivity contribution < 1.29 is 0 Å². The van der Waals surface area contributed by atoms with Crippen LogP contribution in [0.1, 0.15) is 13.3 Å². The molecule has 0 saturated carbocycles. The van der Waals surface area contributed by atoms with E-state index in [-0.39, 0.29) is 0 Å². The molecule has 0 heterocycles. The summed E-state index contributed by atoms with van der Waals surface area (Å²) in [6.07, 6.45) is 3.23. The normalized spacial score (nSPS) is 8.14. The van der Waals surface area contributed by atoms with E-state index >= 15 is 0 Å². The van der Waals surface area contributed by atoms with Crippen LogP contribution >= 0.6 is 0 Å². The highest BCUT2D eigenvalue weighted by molar-refractivity contribution is 6.35. The Hall–Kier alpha value is 0.272. The SMILES string of the molecule is C=CC[CH2][Al][CH2]C. The summed E-state index contributed by atoms with van der Waals surface area (Å²) in [6.45, 7) is 5.89. The molecule has 0 spiro atoms. The van der Waals surface area contributed by atoms with Gasteiger partial charge >= 0.3 is 0 Å². The van der Waals surface area contributed by atoms with Crippen LogP contribution < -0.4 is 0 Å². The molecule has 0 bridgehead atoms. The monoisotopic (exact) mass is 111 g/mol. The average molecular weight is 111 g/mol. The topological polar surface area (TPSA) is 0 Å². The Kier molecular flexibility index (Phi) is 6.52. The highest BCUT2D eigenvalue weighted by atomic mass is 27.1. The van der Waals surface area contributed by atoms with E-state index in [1.165, 1.54) is 17.0 Å². The van der Waals surface area contributed by atoms with Gasteiger partial charge in [-0.15, -0.1) is 17.1 Å². The fourth-order valence-corrected chi connectivity index (χ4v) is 1.32. The van der Waals surface area contributed by atoms with E-state index in [4.69, 9.17) is 0 Å². The Bertz CT molecular complexity index is 41.4. The summed E-state index contributed by atoms with van der Waals surface area (Å²) < 4.78 is 0. The summed E-state index contributed by atoms with van der Waals surface area (Å²) in [5.41, 5.74) is 0. The molecule has 39 valence electrons. The van der Waals surface area contributed by atoms with Crippen molar-refractivity contribution in [3.63, 3.8) is 0 Å². The van der Waals surface area contributed by atoms with Gasteiger partial charge in [0.15, 0.2) is 15.2 Å². The first-order valence-electron chi connectivity index (χ1n) is 2.84. The Morgan fingerprint density at radius 1 is 1.71 bits per heavy atom. The molecule has 1 heteroatoms. The van der Waals surface area contributed by atoms with E-state index in [0.29, 0.717) is 0 Å². The molecule has 0 saturated heterocycles. The largest absolute Gasteiger partial charge is 0.199 e. The molecule has 0 rings (SSSR count). The van der Waals surface area contributed by atoms with Crippen molar-refractivity contribution in [2.45, 2.75) is 23.9 Å². The van der Waals surface area contributed by atoms with Crippen molar-refractivity contribution in [1.29, 1.82) is 0 Å². The van der Waals surface area contributed by atoms with Gasteiger partial charge in [-0.25, -0.2) is 0 Å². The van der Waals surface area contributed by atoms with Gasteiger partial charge < -0.3 is 0 Å². The molecule has 0 fully saturated rings. The summed E-state index contributed by atoms with van der Waals surface area (Å²) in [7, 11) is 0. The van der Waals surface area contributed by atoms with Gasteiger partial charge in [0, 0.05) is 0 Å². The fraction of sp³-hybridized carbons (Fsp3) is 0.667. The number of hydrogen-bond donors (Lipinski definition) is 0. The minimum absolute atomic E-state index is 0.745. The molecule has 0 aromatic carbocycles. The zero-order valence-corrected chi connectivity index (χ0v) is 6.14. The maximum atomic E-state index is 3.65. The van der Waals surface area contributed by atoms with Crippen molar-refractivity contribution in [2.24, 2.45) is 0 Å². The summed E-state index contributed by atoms with van der Waals surface area (Å²) in [6, 6.07) is 0. The molecular weight excluding hydrogens is 99.0 g/mol. The van der Waals surface area contributed by atoms with E-state index < -0.39 is 0 Å². The summed E-state index contributed by atoms with van der Waals surface area (Å²) in [5, 5.41) is 2.80. The Labute approximate surface area is 52.3 Å². The molecule has 0 aromatic rings. The maximum Gasteiger partial charge on any atom is 0.199 e. The first kappa shape index (κ1) is 7.27. The molecule has 0 amide bonds. The van der Waals surface area contributed by atoms with Gasteiger partial charge in [-0.1, -0.05) is 13.0 Å². The van der Waals surface area contributed by atoms with Crippen LogP contribution in [0, 0.1) is 0 Å².